The first-order valence-electron chi connectivity index (χ1n) is 5.67. The van der Waals surface area contributed by atoms with Crippen LogP contribution < -0.4 is 15.4 Å². The van der Waals surface area contributed by atoms with Crippen LogP contribution in [0.4, 0.5) is 5.69 Å². The lowest BCUT2D eigenvalue weighted by atomic mass is 10.3. The molecule has 1 aliphatic heterocycles. The third kappa shape index (κ3) is 3.22. The van der Waals surface area contributed by atoms with E-state index in [2.05, 4.69) is 20.3 Å². The summed E-state index contributed by atoms with van der Waals surface area (Å²) in [7, 11) is -3.58. The van der Waals surface area contributed by atoms with Crippen LogP contribution in [0.1, 0.15) is 6.92 Å². The molecule has 1 aliphatic rings. The number of benzene rings is 1. The second-order valence-corrected chi connectivity index (χ2v) is 5.59. The molecule has 1 aromatic carbocycles. The van der Waals surface area contributed by atoms with E-state index in [4.69, 9.17) is 0 Å². The predicted molar refractivity (Wildman–Crippen MR) is 71.4 cm³/mol. The Kier molecular flexibility index (Phi) is 3.70. The second-order valence-electron chi connectivity index (χ2n) is 3.94. The fraction of sp³-hybridized carbons (Fsp3) is 0.273. The average molecular weight is 282 g/mol. The van der Waals surface area contributed by atoms with Gasteiger partial charge in [-0.2, -0.15) is 0 Å². The Bertz CT molecular complexity index is 625. The van der Waals surface area contributed by atoms with Gasteiger partial charge in [0.15, 0.2) is 0 Å². The minimum absolute atomic E-state index is 0.150. The summed E-state index contributed by atoms with van der Waals surface area (Å²) >= 11 is 0. The van der Waals surface area contributed by atoms with Gasteiger partial charge in [0.2, 0.25) is 11.9 Å². The number of fused-ring (bicyclic) bond motifs is 1. The van der Waals surface area contributed by atoms with E-state index in [1.165, 1.54) is 13.0 Å². The normalized spacial score (nSPS) is 18.1. The third-order valence-electron chi connectivity index (χ3n) is 2.42. The fourth-order valence-corrected chi connectivity index (χ4v) is 2.76. The molecule has 3 N–H and O–H groups in total. The van der Waals surface area contributed by atoms with Gasteiger partial charge in [-0.15, -0.1) is 0 Å². The lowest BCUT2D eigenvalue weighted by Crippen LogP contribution is -2.41. The standard InChI is InChI=1S/C11H14N4O3S/c1-8(16)12-6-7-13-11-14-9-4-2-3-5-10(9)19(17,18)15-11/h2-5H,6-7H2,1H3,(H,12,16)(H2,13,14,15). The Morgan fingerprint density at radius 3 is 2.84 bits per heavy atom. The average Bonchev–Trinajstić information content (AvgIpc) is 2.34. The van der Waals surface area contributed by atoms with E-state index in [0.717, 1.165) is 0 Å². The maximum absolute atomic E-state index is 11.9. The van der Waals surface area contributed by atoms with E-state index < -0.39 is 10.0 Å². The predicted octanol–water partition coefficient (Wildman–Crippen LogP) is -0.118. The molecule has 0 bridgehead atoms. The number of hydrogen-bond donors (Lipinski definition) is 3. The number of hydrogen-bond acceptors (Lipinski definition) is 4. The van der Waals surface area contributed by atoms with Crippen LogP contribution in [0.25, 0.3) is 0 Å². The minimum atomic E-state index is -3.58. The van der Waals surface area contributed by atoms with Gasteiger partial charge in [0.25, 0.3) is 10.0 Å². The van der Waals surface area contributed by atoms with Gasteiger partial charge in [0.1, 0.15) is 4.90 Å². The fourth-order valence-electron chi connectivity index (χ4n) is 1.61. The molecule has 2 rings (SSSR count). The van der Waals surface area contributed by atoms with Gasteiger partial charge in [-0.1, -0.05) is 12.1 Å². The zero-order chi connectivity index (χ0) is 13.9. The Labute approximate surface area is 111 Å². The van der Waals surface area contributed by atoms with E-state index in [0.29, 0.717) is 12.2 Å². The highest BCUT2D eigenvalue weighted by molar-refractivity contribution is 7.90. The SMILES string of the molecule is CC(=O)NCCN=C1Nc2ccccc2S(=O)(=O)N1. The van der Waals surface area contributed by atoms with E-state index >= 15 is 0 Å². The highest BCUT2D eigenvalue weighted by Gasteiger charge is 2.25. The summed E-state index contributed by atoms with van der Waals surface area (Å²) in [5, 5.41) is 5.46. The van der Waals surface area contributed by atoms with Gasteiger partial charge in [0.05, 0.1) is 12.2 Å². The number of nitrogens with zero attached hydrogens (tertiary/aromatic N) is 1. The molecule has 0 atom stereocenters. The number of carbonyl (C=O) groups is 1. The monoisotopic (exact) mass is 282 g/mol. The van der Waals surface area contributed by atoms with Crippen LogP contribution in [-0.2, 0) is 14.8 Å². The summed E-state index contributed by atoms with van der Waals surface area (Å²) in [6.07, 6.45) is 0. The summed E-state index contributed by atoms with van der Waals surface area (Å²) < 4.78 is 26.2. The number of aliphatic imine (C=N–C) groups is 1. The Morgan fingerprint density at radius 1 is 1.37 bits per heavy atom. The molecule has 0 spiro atoms. The van der Waals surface area contributed by atoms with Crippen LogP contribution in [0, 0.1) is 0 Å². The maximum atomic E-state index is 11.9. The molecule has 1 amide bonds. The molecule has 0 aliphatic carbocycles. The van der Waals surface area contributed by atoms with Crippen LogP contribution >= 0.6 is 0 Å². The molecule has 1 heterocycles. The number of nitrogens with one attached hydrogen (secondary N) is 3. The lowest BCUT2D eigenvalue weighted by Gasteiger charge is -2.21. The number of sulfonamides is 1. The molecule has 0 unspecified atom stereocenters. The van der Waals surface area contributed by atoms with Crippen molar-refractivity contribution in [2.75, 3.05) is 18.4 Å². The van der Waals surface area contributed by atoms with Gasteiger partial charge in [0, 0.05) is 13.5 Å². The first-order valence-corrected chi connectivity index (χ1v) is 7.15. The molecule has 0 saturated heterocycles. The smallest absolute Gasteiger partial charge is 0.266 e. The maximum Gasteiger partial charge on any atom is 0.266 e. The molecule has 1 aromatic rings. The highest BCUT2D eigenvalue weighted by Crippen LogP contribution is 2.23. The highest BCUT2D eigenvalue weighted by atomic mass is 32.2. The van der Waals surface area contributed by atoms with E-state index in [1.807, 2.05) is 0 Å². The van der Waals surface area contributed by atoms with Gasteiger partial charge in [-0.25, -0.2) is 13.1 Å². The van der Waals surface area contributed by atoms with Crippen molar-refractivity contribution < 1.29 is 13.2 Å². The summed E-state index contributed by atoms with van der Waals surface area (Å²) in [5.41, 5.74) is 0.486. The molecule has 0 radical (unpaired) electrons. The second kappa shape index (κ2) is 5.27. The quantitative estimate of drug-likeness (QED) is 0.673. The number of carbonyl (C=O) groups excluding carboxylic acids is 1. The molecular formula is C11H14N4O3S. The van der Waals surface area contributed by atoms with Crippen molar-refractivity contribution >= 4 is 27.6 Å². The molecule has 102 valence electrons. The Morgan fingerprint density at radius 2 is 2.11 bits per heavy atom. The Hall–Kier alpha value is -2.09. The summed E-state index contributed by atoms with van der Waals surface area (Å²) in [5.74, 6) is 0.00628. The third-order valence-corrected chi connectivity index (χ3v) is 3.81. The zero-order valence-electron chi connectivity index (χ0n) is 10.3. The molecule has 19 heavy (non-hydrogen) atoms. The first kappa shape index (κ1) is 13.3. The van der Waals surface area contributed by atoms with Crippen molar-refractivity contribution in [2.24, 2.45) is 4.99 Å². The molecule has 0 saturated carbocycles. The molecular weight excluding hydrogens is 268 g/mol. The molecule has 8 heteroatoms. The van der Waals surface area contributed by atoms with Gasteiger partial charge in [-0.05, 0) is 12.1 Å². The van der Waals surface area contributed by atoms with Gasteiger partial charge >= 0.3 is 0 Å². The van der Waals surface area contributed by atoms with Crippen LogP contribution in [0.5, 0.6) is 0 Å². The van der Waals surface area contributed by atoms with Crippen molar-refractivity contribution in [3.05, 3.63) is 24.3 Å². The van der Waals surface area contributed by atoms with Gasteiger partial charge in [-0.3, -0.25) is 9.79 Å². The van der Waals surface area contributed by atoms with Crippen molar-refractivity contribution in [3.63, 3.8) is 0 Å². The number of anilines is 1. The zero-order valence-corrected chi connectivity index (χ0v) is 11.1. The summed E-state index contributed by atoms with van der Waals surface area (Å²) in [6, 6.07) is 6.57. The van der Waals surface area contributed by atoms with Crippen molar-refractivity contribution in [2.45, 2.75) is 11.8 Å². The van der Waals surface area contributed by atoms with Gasteiger partial charge < -0.3 is 10.6 Å². The topological polar surface area (TPSA) is 99.7 Å². The molecule has 7 nitrogen and oxygen atoms in total. The Balaban J connectivity index is 2.12. The first-order chi connectivity index (χ1) is 8.99. The van der Waals surface area contributed by atoms with Crippen LogP contribution in [0.15, 0.2) is 34.2 Å². The number of guanidine groups is 1. The van der Waals surface area contributed by atoms with E-state index in [1.54, 1.807) is 18.2 Å². The van der Waals surface area contributed by atoms with Crippen LogP contribution in [0.2, 0.25) is 0 Å². The van der Waals surface area contributed by atoms with E-state index in [9.17, 15) is 13.2 Å². The minimum Gasteiger partial charge on any atom is -0.354 e. The van der Waals surface area contributed by atoms with Crippen molar-refractivity contribution in [1.82, 2.24) is 10.0 Å². The number of rotatable bonds is 3. The van der Waals surface area contributed by atoms with Crippen molar-refractivity contribution in [1.29, 1.82) is 0 Å². The van der Waals surface area contributed by atoms with Crippen LogP contribution in [-0.4, -0.2) is 33.4 Å². The number of para-hydroxylation sites is 1. The lowest BCUT2D eigenvalue weighted by molar-refractivity contribution is -0.118. The summed E-state index contributed by atoms with van der Waals surface area (Å²) in [6.45, 7) is 2.04. The summed E-state index contributed by atoms with van der Waals surface area (Å²) in [4.78, 5) is 14.9. The largest absolute Gasteiger partial charge is 0.354 e. The molecule has 0 aromatic heterocycles. The molecule has 0 fully saturated rings. The van der Waals surface area contributed by atoms with Crippen molar-refractivity contribution in [3.8, 4) is 0 Å². The van der Waals surface area contributed by atoms with Crippen LogP contribution in [0.3, 0.4) is 0 Å². The number of amides is 1. The van der Waals surface area contributed by atoms with E-state index in [-0.39, 0.29) is 23.3 Å².